The summed E-state index contributed by atoms with van der Waals surface area (Å²) in [5.41, 5.74) is 1.38. The number of rotatable bonds is 7. The molecule has 5 rings (SSSR count). The van der Waals surface area contributed by atoms with Crippen molar-refractivity contribution in [2.24, 2.45) is 11.8 Å². The molecule has 3 N–H and O–H groups in total. The Hall–Kier alpha value is -2.93. The third kappa shape index (κ3) is 5.52. The maximum absolute atomic E-state index is 15.0. The van der Waals surface area contributed by atoms with Gasteiger partial charge in [0.25, 0.3) is 5.92 Å². The number of alkyl halides is 2. The first-order chi connectivity index (χ1) is 17.5. The number of amides is 3. The highest BCUT2D eigenvalue weighted by molar-refractivity contribution is 6.31. The minimum Gasteiger partial charge on any atom is -0.374 e. The molecule has 3 heterocycles. The predicted molar refractivity (Wildman–Crippen MR) is 134 cm³/mol. The summed E-state index contributed by atoms with van der Waals surface area (Å²) in [5, 5.41) is 18.6. The van der Waals surface area contributed by atoms with Crippen LogP contribution >= 0.6 is 11.6 Å². The van der Waals surface area contributed by atoms with E-state index in [4.69, 9.17) is 11.6 Å². The smallest absolute Gasteiger partial charge is 0.255 e. The second kappa shape index (κ2) is 10.8. The molecule has 1 aliphatic carbocycles. The molecular weight excluding hydrogens is 504 g/mol. The highest BCUT2D eigenvalue weighted by Gasteiger charge is 2.60. The average Bonchev–Trinajstić information content (AvgIpc) is 2.86. The molecule has 3 saturated heterocycles. The number of piperidine rings is 3. The number of hydrogen-bond acceptors (Lipinski definition) is 5. The van der Waals surface area contributed by atoms with E-state index in [2.05, 4.69) is 16.0 Å². The lowest BCUT2D eigenvalue weighted by molar-refractivity contribution is -0.194. The number of fused-ring (bicyclic) bond motifs is 3. The van der Waals surface area contributed by atoms with E-state index in [1.807, 2.05) is 6.07 Å². The molecule has 2 bridgehead atoms. The molecule has 3 amide bonds. The molecule has 8 nitrogen and oxygen atoms in total. The Morgan fingerprint density at radius 3 is 2.76 bits per heavy atom. The summed E-state index contributed by atoms with van der Waals surface area (Å²) in [4.78, 5) is 40.5. The molecule has 0 aromatic heterocycles. The molecule has 4 aliphatic rings. The molecule has 0 unspecified atom stereocenters. The molecule has 11 heteroatoms. The van der Waals surface area contributed by atoms with Crippen LogP contribution in [0.2, 0.25) is 5.02 Å². The van der Waals surface area contributed by atoms with E-state index in [9.17, 15) is 28.4 Å². The Morgan fingerprint density at radius 1 is 1.32 bits per heavy atom. The Labute approximate surface area is 220 Å². The van der Waals surface area contributed by atoms with Crippen LogP contribution in [0.25, 0.3) is 0 Å². The van der Waals surface area contributed by atoms with E-state index in [1.54, 1.807) is 32.0 Å². The van der Waals surface area contributed by atoms with Crippen molar-refractivity contribution in [1.29, 1.82) is 5.26 Å². The van der Waals surface area contributed by atoms with Crippen LogP contribution in [-0.2, 0) is 14.4 Å². The Morgan fingerprint density at radius 2 is 2.08 bits per heavy atom. The summed E-state index contributed by atoms with van der Waals surface area (Å²) >= 11 is 6.19. The van der Waals surface area contributed by atoms with Gasteiger partial charge in [-0.25, -0.2) is 8.78 Å². The second-order valence-electron chi connectivity index (χ2n) is 10.3. The van der Waals surface area contributed by atoms with E-state index in [1.165, 1.54) is 4.90 Å². The van der Waals surface area contributed by atoms with Crippen molar-refractivity contribution in [3.05, 3.63) is 28.8 Å². The van der Waals surface area contributed by atoms with E-state index >= 15 is 0 Å². The molecule has 1 aromatic carbocycles. The fourth-order valence-electron chi connectivity index (χ4n) is 5.85. The Balaban J connectivity index is 1.54. The number of carbonyl (C=O) groups is 3. The quantitative estimate of drug-likeness (QED) is 0.495. The standard InChI is InChI=1S/C26H32ClF2N5O3/c1-14-20(27)6-3-7-21(14)32-15(2)25(37)34-18-8-9-19(26(28,29)12-18)22(34)24(36)33-17(13-30)11-16-5-4-10-31-23(16)35/h3,6-7,15-19,22,32H,4-5,8-12H2,1-2H3,(H,31,35)(H,33,36)/t15-,16+,17+,18+,19+,22-/m1/s1. The predicted octanol–water partition coefficient (Wildman–Crippen LogP) is 3.39. The van der Waals surface area contributed by atoms with Gasteiger partial charge in [0.1, 0.15) is 18.1 Å². The highest BCUT2D eigenvalue weighted by Crippen LogP contribution is 2.49. The van der Waals surface area contributed by atoms with Gasteiger partial charge in [0.05, 0.1) is 12.0 Å². The topological polar surface area (TPSA) is 114 Å². The lowest BCUT2D eigenvalue weighted by Gasteiger charge is -2.54. The minimum absolute atomic E-state index is 0.0885. The highest BCUT2D eigenvalue weighted by atomic mass is 35.5. The third-order valence-electron chi connectivity index (χ3n) is 7.86. The Bertz CT molecular complexity index is 1110. The van der Waals surface area contributed by atoms with Crippen LogP contribution in [0.3, 0.4) is 0 Å². The van der Waals surface area contributed by atoms with Crippen molar-refractivity contribution in [1.82, 2.24) is 15.5 Å². The molecule has 0 spiro atoms. The van der Waals surface area contributed by atoms with Gasteiger partial charge >= 0.3 is 0 Å². The van der Waals surface area contributed by atoms with Crippen LogP contribution in [0.1, 0.15) is 51.0 Å². The van der Waals surface area contributed by atoms with Crippen LogP contribution < -0.4 is 16.0 Å². The summed E-state index contributed by atoms with van der Waals surface area (Å²) < 4.78 is 29.9. The average molecular weight is 536 g/mol. The van der Waals surface area contributed by atoms with Gasteiger partial charge in [-0.2, -0.15) is 5.26 Å². The van der Waals surface area contributed by atoms with Crippen molar-refractivity contribution in [2.75, 3.05) is 11.9 Å². The number of nitrogens with one attached hydrogen (secondary N) is 3. The second-order valence-corrected chi connectivity index (χ2v) is 10.7. The number of benzene rings is 1. The number of nitriles is 1. The normalized spacial score (nSPS) is 28.0. The van der Waals surface area contributed by atoms with E-state index in [-0.39, 0.29) is 18.7 Å². The number of carbonyl (C=O) groups excluding carboxylic acids is 3. The molecule has 4 fully saturated rings. The van der Waals surface area contributed by atoms with Gasteiger partial charge < -0.3 is 20.9 Å². The Kier molecular flexibility index (Phi) is 7.93. The molecule has 3 aliphatic heterocycles. The summed E-state index contributed by atoms with van der Waals surface area (Å²) in [5.74, 6) is -6.32. The van der Waals surface area contributed by atoms with E-state index < -0.39 is 60.2 Å². The van der Waals surface area contributed by atoms with Gasteiger partial charge in [-0.1, -0.05) is 17.7 Å². The van der Waals surface area contributed by atoms with Crippen LogP contribution in [0, 0.1) is 30.1 Å². The van der Waals surface area contributed by atoms with Crippen LogP contribution in [-0.4, -0.2) is 59.3 Å². The fourth-order valence-corrected chi connectivity index (χ4v) is 6.03. The zero-order valence-electron chi connectivity index (χ0n) is 20.9. The fraction of sp³-hybridized carbons (Fsp3) is 0.615. The molecule has 37 heavy (non-hydrogen) atoms. The molecule has 6 atom stereocenters. The summed E-state index contributed by atoms with van der Waals surface area (Å²) in [6, 6.07) is 3.18. The van der Waals surface area contributed by atoms with E-state index in [0.717, 1.165) is 12.0 Å². The summed E-state index contributed by atoms with van der Waals surface area (Å²) in [7, 11) is 0. The summed E-state index contributed by atoms with van der Waals surface area (Å²) in [6.45, 7) is 3.99. The van der Waals surface area contributed by atoms with Gasteiger partial charge in [0, 0.05) is 35.6 Å². The molecular formula is C26H32ClF2N5O3. The largest absolute Gasteiger partial charge is 0.374 e. The lowest BCUT2D eigenvalue weighted by atomic mass is 9.71. The molecule has 200 valence electrons. The van der Waals surface area contributed by atoms with Gasteiger partial charge in [-0.3, -0.25) is 14.4 Å². The van der Waals surface area contributed by atoms with Crippen molar-refractivity contribution in [2.45, 2.75) is 82.5 Å². The number of nitrogens with zero attached hydrogens (tertiary/aromatic N) is 2. The summed E-state index contributed by atoms with van der Waals surface area (Å²) in [6.07, 6.45) is 1.42. The maximum atomic E-state index is 15.0. The molecule has 1 saturated carbocycles. The van der Waals surface area contributed by atoms with Crippen LogP contribution in [0.15, 0.2) is 18.2 Å². The minimum atomic E-state index is -3.10. The van der Waals surface area contributed by atoms with Crippen LogP contribution in [0.5, 0.6) is 0 Å². The van der Waals surface area contributed by atoms with Crippen molar-refractivity contribution in [3.63, 3.8) is 0 Å². The van der Waals surface area contributed by atoms with Gasteiger partial charge in [0.15, 0.2) is 0 Å². The van der Waals surface area contributed by atoms with Gasteiger partial charge in [0.2, 0.25) is 17.7 Å². The molecule has 0 radical (unpaired) electrons. The van der Waals surface area contributed by atoms with Crippen molar-refractivity contribution < 1.29 is 23.2 Å². The zero-order valence-corrected chi connectivity index (χ0v) is 21.7. The van der Waals surface area contributed by atoms with E-state index in [0.29, 0.717) is 30.1 Å². The number of halogens is 3. The third-order valence-corrected chi connectivity index (χ3v) is 8.27. The maximum Gasteiger partial charge on any atom is 0.255 e. The zero-order chi connectivity index (χ0) is 26.9. The SMILES string of the molecule is Cc1c(Cl)cccc1N[C@H](C)C(=O)N1[C@H]2CC[C@@H]([C@@H]1C(=O)N[C@H](C#N)C[C@@H]1CCCNC1=O)C(F)(F)C2. The van der Waals surface area contributed by atoms with Crippen LogP contribution in [0.4, 0.5) is 14.5 Å². The number of hydrogen-bond donors (Lipinski definition) is 3. The lowest BCUT2D eigenvalue weighted by Crippen LogP contribution is -2.70. The van der Waals surface area contributed by atoms with Gasteiger partial charge in [-0.05, 0) is 63.6 Å². The first-order valence-corrected chi connectivity index (χ1v) is 13.1. The van der Waals surface area contributed by atoms with Gasteiger partial charge in [-0.15, -0.1) is 0 Å². The first kappa shape index (κ1) is 27.1. The first-order valence-electron chi connectivity index (χ1n) is 12.7. The monoisotopic (exact) mass is 535 g/mol. The molecule has 1 aromatic rings. The van der Waals surface area contributed by atoms with Crippen molar-refractivity contribution in [3.8, 4) is 6.07 Å². The number of anilines is 1. The van der Waals surface area contributed by atoms with Crippen molar-refractivity contribution >= 4 is 35.0 Å².